The van der Waals surface area contributed by atoms with Crippen molar-refractivity contribution in [3.05, 3.63) is 33.8 Å². The van der Waals surface area contributed by atoms with E-state index in [-0.39, 0.29) is 5.91 Å². The Morgan fingerprint density at radius 1 is 1.44 bits per heavy atom. The quantitative estimate of drug-likeness (QED) is 0.804. The summed E-state index contributed by atoms with van der Waals surface area (Å²) in [6.45, 7) is 5.92. The molecule has 1 saturated carbocycles. The van der Waals surface area contributed by atoms with Crippen molar-refractivity contribution in [2.24, 2.45) is 5.92 Å². The van der Waals surface area contributed by atoms with Crippen molar-refractivity contribution in [2.75, 3.05) is 13.1 Å². The molecule has 1 aliphatic rings. The zero-order chi connectivity index (χ0) is 13.1. The van der Waals surface area contributed by atoms with Crippen LogP contribution in [0.4, 0.5) is 0 Å². The van der Waals surface area contributed by atoms with E-state index in [4.69, 9.17) is 0 Å². The molecular formula is C15H20BrNO. The monoisotopic (exact) mass is 309 g/mol. The molecule has 1 aromatic rings. The van der Waals surface area contributed by atoms with Gasteiger partial charge in [0.15, 0.2) is 0 Å². The third-order valence-corrected chi connectivity index (χ3v) is 3.88. The lowest BCUT2D eigenvalue weighted by Gasteiger charge is -2.23. The average molecular weight is 310 g/mol. The summed E-state index contributed by atoms with van der Waals surface area (Å²) in [6.07, 6.45) is 3.58. The first kappa shape index (κ1) is 13.6. The van der Waals surface area contributed by atoms with Gasteiger partial charge in [0.05, 0.1) is 0 Å². The summed E-state index contributed by atoms with van der Waals surface area (Å²) in [5, 5.41) is 0. The Kier molecular flexibility index (Phi) is 4.44. The minimum Gasteiger partial charge on any atom is -0.338 e. The van der Waals surface area contributed by atoms with Gasteiger partial charge in [-0.15, -0.1) is 0 Å². The summed E-state index contributed by atoms with van der Waals surface area (Å²) >= 11 is 3.45. The van der Waals surface area contributed by atoms with Crippen molar-refractivity contribution in [1.29, 1.82) is 0 Å². The molecule has 1 fully saturated rings. The first-order valence-electron chi connectivity index (χ1n) is 6.67. The molecule has 0 atom stereocenters. The summed E-state index contributed by atoms with van der Waals surface area (Å²) in [7, 11) is 0. The van der Waals surface area contributed by atoms with Crippen molar-refractivity contribution < 1.29 is 4.79 Å². The van der Waals surface area contributed by atoms with Crippen LogP contribution in [0.2, 0.25) is 0 Å². The summed E-state index contributed by atoms with van der Waals surface area (Å²) in [4.78, 5) is 14.6. The van der Waals surface area contributed by atoms with Gasteiger partial charge in [-0.25, -0.2) is 0 Å². The van der Waals surface area contributed by atoms with Gasteiger partial charge >= 0.3 is 0 Å². The van der Waals surface area contributed by atoms with Gasteiger partial charge in [0, 0.05) is 23.1 Å². The number of carbonyl (C=O) groups excluding carboxylic acids is 1. The van der Waals surface area contributed by atoms with Crippen LogP contribution in [0.15, 0.2) is 22.7 Å². The van der Waals surface area contributed by atoms with Crippen LogP contribution < -0.4 is 0 Å². The van der Waals surface area contributed by atoms with E-state index in [0.29, 0.717) is 0 Å². The molecule has 0 spiro atoms. The molecule has 0 aliphatic heterocycles. The fourth-order valence-corrected chi connectivity index (χ4v) is 2.51. The van der Waals surface area contributed by atoms with Crippen LogP contribution in [0.5, 0.6) is 0 Å². The minimum absolute atomic E-state index is 0.183. The van der Waals surface area contributed by atoms with E-state index >= 15 is 0 Å². The second-order valence-electron chi connectivity index (χ2n) is 5.15. The summed E-state index contributed by atoms with van der Waals surface area (Å²) in [5.74, 6) is 0.926. The summed E-state index contributed by atoms with van der Waals surface area (Å²) < 4.78 is 0.972. The van der Waals surface area contributed by atoms with Crippen LogP contribution in [-0.2, 0) is 0 Å². The molecular weight excluding hydrogens is 290 g/mol. The predicted octanol–water partition coefficient (Wildman–Crippen LogP) is 4.02. The molecule has 0 radical (unpaired) electrons. The van der Waals surface area contributed by atoms with Crippen molar-refractivity contribution >= 4 is 21.8 Å². The van der Waals surface area contributed by atoms with Crippen LogP contribution in [0.1, 0.15) is 42.1 Å². The molecule has 1 aliphatic carbocycles. The van der Waals surface area contributed by atoms with Crippen LogP contribution in [-0.4, -0.2) is 23.9 Å². The lowest BCUT2D eigenvalue weighted by atomic mass is 10.1. The van der Waals surface area contributed by atoms with Gasteiger partial charge in [0.1, 0.15) is 0 Å². The standard InChI is InChI=1S/C15H20BrNO/c1-3-8-17(10-12-5-6-12)15(18)14-9-13(16)7-4-11(14)2/h4,7,9,12H,3,5-6,8,10H2,1-2H3. The second kappa shape index (κ2) is 5.87. The number of hydrogen-bond acceptors (Lipinski definition) is 1. The molecule has 18 heavy (non-hydrogen) atoms. The maximum atomic E-state index is 12.6. The molecule has 0 saturated heterocycles. The molecule has 0 aromatic heterocycles. The fourth-order valence-electron chi connectivity index (χ4n) is 2.15. The minimum atomic E-state index is 0.183. The number of nitrogens with zero attached hydrogens (tertiary/aromatic N) is 1. The fraction of sp³-hybridized carbons (Fsp3) is 0.533. The van der Waals surface area contributed by atoms with Gasteiger partial charge in [0.25, 0.3) is 5.91 Å². The van der Waals surface area contributed by atoms with E-state index in [2.05, 4.69) is 22.9 Å². The number of carbonyl (C=O) groups is 1. The van der Waals surface area contributed by atoms with Gasteiger partial charge in [-0.1, -0.05) is 28.9 Å². The Morgan fingerprint density at radius 2 is 2.17 bits per heavy atom. The number of aryl methyl sites for hydroxylation is 1. The highest BCUT2D eigenvalue weighted by atomic mass is 79.9. The Bertz CT molecular complexity index is 440. The molecule has 3 heteroatoms. The maximum Gasteiger partial charge on any atom is 0.254 e. The number of benzene rings is 1. The Labute approximate surface area is 117 Å². The number of rotatable bonds is 5. The maximum absolute atomic E-state index is 12.6. The molecule has 98 valence electrons. The van der Waals surface area contributed by atoms with E-state index in [1.54, 1.807) is 0 Å². The topological polar surface area (TPSA) is 20.3 Å². The molecule has 2 nitrogen and oxygen atoms in total. The van der Waals surface area contributed by atoms with E-state index in [1.807, 2.05) is 30.0 Å². The predicted molar refractivity (Wildman–Crippen MR) is 77.8 cm³/mol. The smallest absolute Gasteiger partial charge is 0.254 e. The summed E-state index contributed by atoms with van der Waals surface area (Å²) in [5.41, 5.74) is 1.89. The molecule has 1 amide bonds. The molecule has 0 N–H and O–H groups in total. The molecule has 1 aromatic carbocycles. The van der Waals surface area contributed by atoms with Gasteiger partial charge in [-0.05, 0) is 49.8 Å². The Morgan fingerprint density at radius 3 is 2.78 bits per heavy atom. The van der Waals surface area contributed by atoms with Gasteiger partial charge in [-0.2, -0.15) is 0 Å². The van der Waals surface area contributed by atoms with Crippen LogP contribution in [0.3, 0.4) is 0 Å². The zero-order valence-corrected chi connectivity index (χ0v) is 12.7. The Hall–Kier alpha value is -0.830. The third-order valence-electron chi connectivity index (χ3n) is 3.39. The number of halogens is 1. The van der Waals surface area contributed by atoms with Crippen LogP contribution >= 0.6 is 15.9 Å². The highest BCUT2D eigenvalue weighted by molar-refractivity contribution is 9.10. The van der Waals surface area contributed by atoms with E-state index < -0.39 is 0 Å². The van der Waals surface area contributed by atoms with Gasteiger partial charge < -0.3 is 4.90 Å². The Balaban J connectivity index is 2.17. The third kappa shape index (κ3) is 3.35. The molecule has 0 bridgehead atoms. The van der Waals surface area contributed by atoms with Crippen molar-refractivity contribution in [2.45, 2.75) is 33.1 Å². The van der Waals surface area contributed by atoms with E-state index in [1.165, 1.54) is 12.8 Å². The molecule has 0 heterocycles. The van der Waals surface area contributed by atoms with E-state index in [9.17, 15) is 4.79 Å². The largest absolute Gasteiger partial charge is 0.338 e. The summed E-state index contributed by atoms with van der Waals surface area (Å²) in [6, 6.07) is 5.92. The number of hydrogen-bond donors (Lipinski definition) is 0. The van der Waals surface area contributed by atoms with Crippen molar-refractivity contribution in [3.8, 4) is 0 Å². The van der Waals surface area contributed by atoms with Crippen LogP contribution in [0.25, 0.3) is 0 Å². The normalized spacial score (nSPS) is 14.6. The van der Waals surface area contributed by atoms with Gasteiger partial charge in [-0.3, -0.25) is 4.79 Å². The highest BCUT2D eigenvalue weighted by Gasteiger charge is 2.27. The zero-order valence-electron chi connectivity index (χ0n) is 11.1. The lowest BCUT2D eigenvalue weighted by Crippen LogP contribution is -2.34. The van der Waals surface area contributed by atoms with Crippen molar-refractivity contribution in [3.63, 3.8) is 0 Å². The first-order valence-corrected chi connectivity index (χ1v) is 7.46. The van der Waals surface area contributed by atoms with Crippen molar-refractivity contribution in [1.82, 2.24) is 4.90 Å². The van der Waals surface area contributed by atoms with Gasteiger partial charge in [0.2, 0.25) is 0 Å². The average Bonchev–Trinajstić information content (AvgIpc) is 3.15. The van der Waals surface area contributed by atoms with E-state index in [0.717, 1.165) is 41.0 Å². The highest BCUT2D eigenvalue weighted by Crippen LogP contribution is 2.30. The van der Waals surface area contributed by atoms with Crippen LogP contribution in [0, 0.1) is 12.8 Å². The SMILES string of the molecule is CCCN(CC1CC1)C(=O)c1cc(Br)ccc1C. The molecule has 2 rings (SSSR count). The molecule has 0 unspecified atom stereocenters. The second-order valence-corrected chi connectivity index (χ2v) is 6.07. The lowest BCUT2D eigenvalue weighted by molar-refractivity contribution is 0.0747. The first-order chi connectivity index (χ1) is 8.61. The number of amides is 1.